The van der Waals surface area contributed by atoms with Gasteiger partial charge >= 0.3 is 0 Å². The molecule has 59 heavy (non-hydrogen) atoms. The van der Waals surface area contributed by atoms with Crippen molar-refractivity contribution in [1.29, 1.82) is 0 Å². The number of carbonyl (C=O) groups is 2. The number of ether oxygens (including phenoxy) is 2. The molecule has 16 nitrogen and oxygen atoms in total. The number of nitrogens with zero attached hydrogens (tertiary/aromatic N) is 10. The van der Waals surface area contributed by atoms with Gasteiger partial charge in [-0.1, -0.05) is 56.2 Å². The van der Waals surface area contributed by atoms with Crippen molar-refractivity contribution in [3.63, 3.8) is 0 Å². The van der Waals surface area contributed by atoms with Crippen LogP contribution < -0.4 is 0 Å². The maximum atomic E-state index is 12.5. The van der Waals surface area contributed by atoms with Crippen LogP contribution in [0.4, 0.5) is 0 Å². The van der Waals surface area contributed by atoms with Gasteiger partial charge in [-0.25, -0.2) is 0 Å². The van der Waals surface area contributed by atoms with Gasteiger partial charge in [-0.15, -0.1) is 0 Å². The maximum Gasteiger partial charge on any atom is 0.258 e. The lowest BCUT2D eigenvalue weighted by Crippen LogP contribution is -2.40. The Morgan fingerprint density at radius 2 is 1.42 bits per heavy atom. The molecule has 4 fully saturated rings. The zero-order chi connectivity index (χ0) is 40.4. The minimum absolute atomic E-state index is 0.00249. The lowest BCUT2D eigenvalue weighted by molar-refractivity contribution is -0.136. The minimum atomic E-state index is -0.232. The van der Waals surface area contributed by atoms with Gasteiger partial charge in [0.15, 0.2) is 5.82 Å². The predicted octanol–water partition coefficient (Wildman–Crippen LogP) is 6.48. The first kappa shape index (κ1) is 37.8. The fraction of sp³-hybridized carbons (Fsp3) is 0.535. The van der Waals surface area contributed by atoms with Crippen LogP contribution >= 0.6 is 0 Å². The third kappa shape index (κ3) is 6.99. The van der Waals surface area contributed by atoms with Crippen LogP contribution in [0.2, 0.25) is 0 Å². The summed E-state index contributed by atoms with van der Waals surface area (Å²) in [6, 6.07) is 12.4. The molecular weight excluding hydrogens is 753 g/mol. The van der Waals surface area contributed by atoms with Crippen LogP contribution in [-0.4, -0.2) is 107 Å². The maximum absolute atomic E-state index is 12.5. The number of benzene rings is 2. The highest BCUT2D eigenvalue weighted by Crippen LogP contribution is 2.41. The Labute approximate surface area is 341 Å². The molecule has 0 aliphatic carbocycles. The molecule has 6 aromatic rings. The first-order chi connectivity index (χ1) is 28.7. The number of carbonyl (C=O) groups excluding carboxylic acids is 2. The van der Waals surface area contributed by atoms with E-state index in [0.29, 0.717) is 75.9 Å². The quantitative estimate of drug-likeness (QED) is 0.156. The number of hydrogen-bond donors (Lipinski definition) is 0. The van der Waals surface area contributed by atoms with Crippen molar-refractivity contribution >= 4 is 33.6 Å². The molecule has 308 valence electrons. The highest BCUT2D eigenvalue weighted by atomic mass is 16.5. The molecular formula is C43H50N10O6. The molecule has 4 aliphatic rings. The molecule has 2 atom stereocenters. The smallest absolute Gasteiger partial charge is 0.258 e. The van der Waals surface area contributed by atoms with Crippen LogP contribution in [0.3, 0.4) is 0 Å². The van der Waals surface area contributed by atoms with Crippen LogP contribution in [0.15, 0.2) is 51.6 Å². The Balaban J connectivity index is 0.854. The summed E-state index contributed by atoms with van der Waals surface area (Å²) >= 11 is 0. The largest absolute Gasteiger partial charge is 0.377 e. The van der Waals surface area contributed by atoms with Gasteiger partial charge in [-0.2, -0.15) is 20.2 Å². The van der Waals surface area contributed by atoms with Gasteiger partial charge in [0.1, 0.15) is 6.10 Å². The molecule has 4 saturated heterocycles. The van der Waals surface area contributed by atoms with Crippen molar-refractivity contribution in [2.75, 3.05) is 46.0 Å². The van der Waals surface area contributed by atoms with Crippen molar-refractivity contribution in [3.8, 4) is 22.8 Å². The molecule has 2 unspecified atom stereocenters. The zero-order valence-electron chi connectivity index (χ0n) is 34.0. The SMILES string of the molecule is CC(C)C(=O)N1CCC(c2noc(-c3ccc4cnn(C5COC(c6nn(C7COC7)c7cc(-c8noc(C9CCN(C(=O)C(C)C)CC9)n8)ccc67)C5)c4c3)n2)CC1. The Hall–Kier alpha value is -5.48. The van der Waals surface area contributed by atoms with E-state index >= 15 is 0 Å². The van der Waals surface area contributed by atoms with Gasteiger partial charge in [0.25, 0.3) is 5.89 Å². The molecule has 10 rings (SSSR count). The first-order valence-electron chi connectivity index (χ1n) is 21.1. The average Bonchev–Trinajstić information content (AvgIpc) is 4.09. The third-order valence-electron chi connectivity index (χ3n) is 12.6. The molecule has 0 N–H and O–H groups in total. The Morgan fingerprint density at radius 1 is 0.729 bits per heavy atom. The number of fused-ring (bicyclic) bond motifs is 2. The lowest BCUT2D eigenvalue weighted by Gasteiger charge is -2.31. The summed E-state index contributed by atoms with van der Waals surface area (Å²) in [5.74, 6) is 3.00. The van der Waals surface area contributed by atoms with E-state index in [1.54, 1.807) is 0 Å². The van der Waals surface area contributed by atoms with Gasteiger partial charge < -0.3 is 28.3 Å². The van der Waals surface area contributed by atoms with Crippen LogP contribution in [0, 0.1) is 11.8 Å². The van der Waals surface area contributed by atoms with Crippen molar-refractivity contribution < 1.29 is 28.1 Å². The highest BCUT2D eigenvalue weighted by molar-refractivity contribution is 5.87. The van der Waals surface area contributed by atoms with Crippen molar-refractivity contribution in [2.24, 2.45) is 11.8 Å². The van der Waals surface area contributed by atoms with E-state index < -0.39 is 0 Å². The number of amides is 2. The lowest BCUT2D eigenvalue weighted by atomic mass is 9.95. The van der Waals surface area contributed by atoms with E-state index in [4.69, 9.17) is 38.7 Å². The Kier molecular flexibility index (Phi) is 9.78. The summed E-state index contributed by atoms with van der Waals surface area (Å²) in [5, 5.41) is 20.8. The zero-order valence-corrected chi connectivity index (χ0v) is 34.0. The number of piperidine rings is 2. The molecule has 0 bridgehead atoms. The van der Waals surface area contributed by atoms with Gasteiger partial charge in [0, 0.05) is 78.2 Å². The van der Waals surface area contributed by atoms with E-state index in [1.165, 1.54) is 0 Å². The van der Waals surface area contributed by atoms with E-state index in [1.807, 2.05) is 61.9 Å². The first-order valence-corrected chi connectivity index (χ1v) is 21.1. The van der Waals surface area contributed by atoms with E-state index in [0.717, 1.165) is 64.3 Å². The minimum Gasteiger partial charge on any atom is -0.377 e. The number of aromatic nitrogens is 8. The monoisotopic (exact) mass is 802 g/mol. The van der Waals surface area contributed by atoms with Crippen LogP contribution in [0.25, 0.3) is 44.6 Å². The van der Waals surface area contributed by atoms with Crippen molar-refractivity contribution in [1.82, 2.24) is 49.6 Å². The van der Waals surface area contributed by atoms with Crippen molar-refractivity contribution in [2.45, 2.75) is 89.8 Å². The van der Waals surface area contributed by atoms with Crippen molar-refractivity contribution in [3.05, 3.63) is 60.0 Å². The summed E-state index contributed by atoms with van der Waals surface area (Å²) in [7, 11) is 0. The van der Waals surface area contributed by atoms with Crippen LogP contribution in [-0.2, 0) is 19.1 Å². The standard InChI is InChI=1S/C43H50N10O6/c1-24(2)42(54)50-13-9-26(10-14-50)38-45-41(59-48-38)29-5-6-30-20-44-52(34(30)18-29)31-19-36(57-23-31)37-33-8-7-28(17-35(33)53(47-37)32-21-56-22-32)39-46-40(58-49-39)27-11-15-51(16-12-27)43(55)25(3)4/h5-8,17-18,20,24-27,31-32,36H,9-16,19,21-23H2,1-4H3. The van der Waals surface area contributed by atoms with Gasteiger partial charge in [0.2, 0.25) is 23.5 Å². The van der Waals surface area contributed by atoms with Crippen LogP contribution in [0.5, 0.6) is 0 Å². The van der Waals surface area contributed by atoms with Crippen LogP contribution in [0.1, 0.15) is 107 Å². The van der Waals surface area contributed by atoms with Gasteiger partial charge in [-0.3, -0.25) is 19.0 Å². The molecule has 4 aliphatic heterocycles. The molecule has 16 heteroatoms. The number of likely N-dealkylation sites (tertiary alicyclic amines) is 2. The summed E-state index contributed by atoms with van der Waals surface area (Å²) in [6.07, 6.45) is 5.60. The molecule has 4 aromatic heterocycles. The summed E-state index contributed by atoms with van der Waals surface area (Å²) in [4.78, 5) is 38.5. The Morgan fingerprint density at radius 3 is 2.12 bits per heavy atom. The van der Waals surface area contributed by atoms with E-state index in [-0.39, 0.29) is 53.7 Å². The predicted molar refractivity (Wildman–Crippen MR) is 215 cm³/mol. The topological polar surface area (TPSA) is 173 Å². The summed E-state index contributed by atoms with van der Waals surface area (Å²) < 4.78 is 27.8. The second-order valence-electron chi connectivity index (χ2n) is 17.2. The fourth-order valence-corrected chi connectivity index (χ4v) is 9.09. The van der Waals surface area contributed by atoms with Gasteiger partial charge in [0.05, 0.1) is 54.8 Å². The summed E-state index contributed by atoms with van der Waals surface area (Å²) in [5.41, 5.74) is 4.53. The number of rotatable bonds is 9. The van der Waals surface area contributed by atoms with Gasteiger partial charge in [-0.05, 0) is 43.9 Å². The molecule has 0 saturated carbocycles. The van der Waals surface area contributed by atoms with E-state index in [2.05, 4.69) is 37.9 Å². The fourth-order valence-electron chi connectivity index (χ4n) is 9.09. The normalized spacial score (nSPS) is 21.1. The second-order valence-corrected chi connectivity index (χ2v) is 17.2. The molecule has 0 radical (unpaired) electrons. The average molecular weight is 803 g/mol. The molecule has 2 amide bonds. The van der Waals surface area contributed by atoms with E-state index in [9.17, 15) is 9.59 Å². The highest BCUT2D eigenvalue weighted by Gasteiger charge is 2.35. The third-order valence-corrected chi connectivity index (χ3v) is 12.6. The second kappa shape index (κ2) is 15.3. The Bertz CT molecular complexity index is 2500. The number of hydrogen-bond acceptors (Lipinski definition) is 12. The summed E-state index contributed by atoms with van der Waals surface area (Å²) in [6.45, 7) is 12.3. The molecule has 8 heterocycles. The molecule has 0 spiro atoms. The molecule has 2 aromatic carbocycles.